The largest absolute Gasteiger partial charge is 0.507 e. The van der Waals surface area contributed by atoms with Gasteiger partial charge in [-0.15, -0.1) is 0 Å². The second-order valence-electron chi connectivity index (χ2n) is 6.75. The normalized spacial score (nSPS) is 11.5. The molecule has 0 fully saturated rings. The maximum absolute atomic E-state index is 10.1. The summed E-state index contributed by atoms with van der Waals surface area (Å²) in [5.41, 5.74) is 2.21. The maximum Gasteiger partial charge on any atom is 0.200 e. The Labute approximate surface area is 172 Å². The average molecular weight is 408 g/mol. The second-order valence-corrected chi connectivity index (χ2v) is 6.75. The van der Waals surface area contributed by atoms with Crippen LogP contribution >= 0.6 is 0 Å². The van der Waals surface area contributed by atoms with E-state index < -0.39 is 17.2 Å². The molecule has 7 nitrogen and oxygen atoms in total. The van der Waals surface area contributed by atoms with Crippen molar-refractivity contribution in [2.24, 2.45) is 0 Å². The summed E-state index contributed by atoms with van der Waals surface area (Å²) in [5, 5.41) is 68.1. The SMILES string of the molecule is Cc1cc(/C=C/c2cc(/C=C/c3cc(O)c(O)c(O)c3)c(O)cc2O)cc(O)c1O. The molecule has 3 rings (SSSR count). The fourth-order valence-electron chi connectivity index (χ4n) is 2.86. The first-order valence-corrected chi connectivity index (χ1v) is 8.85. The van der Waals surface area contributed by atoms with Crippen molar-refractivity contribution in [2.75, 3.05) is 0 Å². The Morgan fingerprint density at radius 3 is 1.37 bits per heavy atom. The molecule has 0 aliphatic rings. The number of hydrogen-bond donors (Lipinski definition) is 7. The molecule has 0 aliphatic heterocycles. The molecule has 3 aromatic rings. The van der Waals surface area contributed by atoms with E-state index >= 15 is 0 Å². The van der Waals surface area contributed by atoms with E-state index in [0.29, 0.717) is 27.8 Å². The summed E-state index contributed by atoms with van der Waals surface area (Å²) in [4.78, 5) is 0. The van der Waals surface area contributed by atoms with Gasteiger partial charge in [-0.25, -0.2) is 0 Å². The van der Waals surface area contributed by atoms with Gasteiger partial charge in [-0.3, -0.25) is 0 Å². The predicted molar refractivity (Wildman–Crippen MR) is 114 cm³/mol. The van der Waals surface area contributed by atoms with E-state index in [1.54, 1.807) is 25.1 Å². The zero-order valence-corrected chi connectivity index (χ0v) is 15.9. The Balaban J connectivity index is 1.93. The van der Waals surface area contributed by atoms with Gasteiger partial charge in [-0.2, -0.15) is 0 Å². The number of rotatable bonds is 4. The van der Waals surface area contributed by atoms with E-state index in [9.17, 15) is 35.7 Å². The lowest BCUT2D eigenvalue weighted by Crippen LogP contribution is -1.82. The van der Waals surface area contributed by atoms with Gasteiger partial charge >= 0.3 is 0 Å². The van der Waals surface area contributed by atoms with Crippen molar-refractivity contribution in [3.05, 3.63) is 64.2 Å². The summed E-state index contributed by atoms with van der Waals surface area (Å²) >= 11 is 0. The minimum Gasteiger partial charge on any atom is -0.507 e. The van der Waals surface area contributed by atoms with Gasteiger partial charge in [0.2, 0.25) is 0 Å². The summed E-state index contributed by atoms with van der Waals surface area (Å²) in [7, 11) is 0. The van der Waals surface area contributed by atoms with Crippen LogP contribution in [0, 0.1) is 6.92 Å². The molecule has 0 radical (unpaired) electrons. The van der Waals surface area contributed by atoms with E-state index in [0.717, 1.165) is 0 Å². The van der Waals surface area contributed by atoms with Crippen LogP contribution in [0.4, 0.5) is 0 Å². The number of aryl methyl sites for hydroxylation is 1. The molecule has 3 aromatic carbocycles. The van der Waals surface area contributed by atoms with Gasteiger partial charge in [0.25, 0.3) is 0 Å². The first-order chi connectivity index (χ1) is 14.2. The van der Waals surface area contributed by atoms with Crippen LogP contribution in [0.15, 0.2) is 36.4 Å². The summed E-state index contributed by atoms with van der Waals surface area (Å²) < 4.78 is 0. The predicted octanol–water partition coefficient (Wildman–Crippen LogP) is 4.28. The lowest BCUT2D eigenvalue weighted by Gasteiger charge is -2.06. The van der Waals surface area contributed by atoms with Crippen LogP contribution in [0.5, 0.6) is 40.2 Å². The van der Waals surface area contributed by atoms with Crippen molar-refractivity contribution in [1.29, 1.82) is 0 Å². The van der Waals surface area contributed by atoms with Crippen molar-refractivity contribution in [2.45, 2.75) is 6.92 Å². The minimum atomic E-state index is -0.623. The zero-order chi connectivity index (χ0) is 22.0. The van der Waals surface area contributed by atoms with Crippen molar-refractivity contribution in [1.82, 2.24) is 0 Å². The highest BCUT2D eigenvalue weighted by atomic mass is 16.3. The van der Waals surface area contributed by atoms with Gasteiger partial charge in [-0.05, 0) is 53.9 Å². The topological polar surface area (TPSA) is 142 Å². The van der Waals surface area contributed by atoms with Crippen molar-refractivity contribution in [3.8, 4) is 40.2 Å². The Hall–Kier alpha value is -4.26. The van der Waals surface area contributed by atoms with Gasteiger partial charge in [0.15, 0.2) is 28.7 Å². The minimum absolute atomic E-state index is 0.166. The quantitative estimate of drug-likeness (QED) is 0.252. The molecule has 0 atom stereocenters. The molecular formula is C23H20O7. The van der Waals surface area contributed by atoms with Crippen molar-refractivity contribution in [3.63, 3.8) is 0 Å². The van der Waals surface area contributed by atoms with E-state index in [1.165, 1.54) is 42.5 Å². The van der Waals surface area contributed by atoms with Gasteiger partial charge < -0.3 is 35.7 Å². The molecular weight excluding hydrogens is 388 g/mol. The summed E-state index contributed by atoms with van der Waals surface area (Å²) in [5.74, 6) is -2.40. The van der Waals surface area contributed by atoms with Gasteiger partial charge in [0.05, 0.1) is 0 Å². The molecule has 0 amide bonds. The van der Waals surface area contributed by atoms with E-state index in [-0.39, 0.29) is 23.0 Å². The van der Waals surface area contributed by atoms with Gasteiger partial charge in [0, 0.05) is 17.2 Å². The van der Waals surface area contributed by atoms with E-state index in [1.807, 2.05) is 0 Å². The monoisotopic (exact) mass is 408 g/mol. The summed E-state index contributed by atoms with van der Waals surface area (Å²) in [6.45, 7) is 1.65. The molecule has 7 heteroatoms. The molecule has 0 unspecified atom stereocenters. The molecule has 0 aliphatic carbocycles. The Kier molecular flexibility index (Phi) is 5.46. The van der Waals surface area contributed by atoms with Crippen LogP contribution in [0.3, 0.4) is 0 Å². The first-order valence-electron chi connectivity index (χ1n) is 8.85. The number of hydrogen-bond acceptors (Lipinski definition) is 7. The zero-order valence-electron chi connectivity index (χ0n) is 15.9. The molecule has 0 bridgehead atoms. The average Bonchev–Trinajstić information content (AvgIpc) is 2.68. The van der Waals surface area contributed by atoms with Crippen LogP contribution < -0.4 is 0 Å². The van der Waals surface area contributed by atoms with Gasteiger partial charge in [-0.1, -0.05) is 24.3 Å². The lowest BCUT2D eigenvalue weighted by atomic mass is 10.0. The Bertz CT molecular complexity index is 1040. The number of phenolic OH excluding ortho intramolecular Hbond substituents is 7. The van der Waals surface area contributed by atoms with Crippen LogP contribution in [0.25, 0.3) is 24.3 Å². The molecule has 154 valence electrons. The van der Waals surface area contributed by atoms with Gasteiger partial charge in [0.1, 0.15) is 11.5 Å². The lowest BCUT2D eigenvalue weighted by molar-refractivity contribution is 0.368. The summed E-state index contributed by atoms with van der Waals surface area (Å²) in [6, 6.07) is 8.21. The third-order valence-electron chi connectivity index (χ3n) is 4.48. The number of phenols is 7. The Morgan fingerprint density at radius 1 is 0.467 bits per heavy atom. The van der Waals surface area contributed by atoms with Crippen LogP contribution in [-0.4, -0.2) is 35.7 Å². The van der Waals surface area contributed by atoms with Crippen molar-refractivity contribution < 1.29 is 35.7 Å². The standard InChI is InChI=1S/C23H20O7/c1-12-6-13(7-19(26)22(12)29)2-4-15-10-16(18(25)11-17(15)24)5-3-14-8-20(27)23(30)21(28)9-14/h2-11,24-30H,1H3/b4-2+,5-3+. The molecule has 0 saturated heterocycles. The molecule has 30 heavy (non-hydrogen) atoms. The summed E-state index contributed by atoms with van der Waals surface area (Å²) in [6.07, 6.45) is 6.21. The number of benzene rings is 3. The van der Waals surface area contributed by atoms with Crippen LogP contribution in [0.2, 0.25) is 0 Å². The fourth-order valence-corrected chi connectivity index (χ4v) is 2.86. The highest BCUT2D eigenvalue weighted by Crippen LogP contribution is 2.37. The highest BCUT2D eigenvalue weighted by molar-refractivity contribution is 5.80. The Morgan fingerprint density at radius 2 is 0.900 bits per heavy atom. The van der Waals surface area contributed by atoms with Crippen LogP contribution in [-0.2, 0) is 0 Å². The number of aromatic hydroxyl groups is 7. The van der Waals surface area contributed by atoms with Crippen LogP contribution in [0.1, 0.15) is 27.8 Å². The fraction of sp³-hybridized carbons (Fsp3) is 0.0435. The smallest absolute Gasteiger partial charge is 0.200 e. The van der Waals surface area contributed by atoms with Crippen molar-refractivity contribution >= 4 is 24.3 Å². The first kappa shape index (κ1) is 20.5. The van der Waals surface area contributed by atoms with E-state index in [4.69, 9.17) is 0 Å². The second kappa shape index (κ2) is 8.00. The maximum atomic E-state index is 10.1. The third kappa shape index (κ3) is 4.25. The van der Waals surface area contributed by atoms with E-state index in [2.05, 4.69) is 0 Å². The third-order valence-corrected chi connectivity index (χ3v) is 4.48. The molecule has 7 N–H and O–H groups in total. The molecule has 0 aromatic heterocycles. The molecule has 0 heterocycles. The molecule has 0 saturated carbocycles. The highest BCUT2D eigenvalue weighted by Gasteiger charge is 2.09. The molecule has 0 spiro atoms.